The van der Waals surface area contributed by atoms with Crippen LogP contribution >= 0.6 is 0 Å². The predicted octanol–water partition coefficient (Wildman–Crippen LogP) is 2.84. The second-order valence-corrected chi connectivity index (χ2v) is 4.98. The quantitative estimate of drug-likeness (QED) is 0.849. The number of aromatic nitrogens is 1. The molecule has 0 aliphatic heterocycles. The Kier molecular flexibility index (Phi) is 5.46. The van der Waals surface area contributed by atoms with Gasteiger partial charge in [0, 0.05) is 25.5 Å². The summed E-state index contributed by atoms with van der Waals surface area (Å²) in [6.07, 6.45) is 4.62. The molecule has 0 atom stereocenters. The van der Waals surface area contributed by atoms with Gasteiger partial charge in [0.2, 0.25) is 0 Å². The maximum absolute atomic E-state index is 10.8. The Morgan fingerprint density at radius 2 is 1.76 bits per heavy atom. The number of benzene rings is 1. The van der Waals surface area contributed by atoms with Crippen LogP contribution in [0.4, 0.5) is 0 Å². The smallest absolute Gasteiger partial charge is 0.335 e. The number of carboxylic acid groups (broad SMARTS) is 1. The molecule has 0 aliphatic carbocycles. The highest BCUT2D eigenvalue weighted by molar-refractivity contribution is 5.87. The zero-order chi connectivity index (χ0) is 15.1. The van der Waals surface area contributed by atoms with E-state index < -0.39 is 5.97 Å². The number of hydrogen-bond acceptors (Lipinski definition) is 3. The molecule has 4 nitrogen and oxygen atoms in total. The highest BCUT2D eigenvalue weighted by Gasteiger charge is 2.06. The Balaban J connectivity index is 1.91. The first-order valence-corrected chi connectivity index (χ1v) is 7.12. The molecule has 1 N–H and O–H groups in total. The zero-order valence-corrected chi connectivity index (χ0v) is 12.2. The van der Waals surface area contributed by atoms with Gasteiger partial charge in [-0.25, -0.2) is 4.79 Å². The number of carbonyl (C=O) groups is 1. The van der Waals surface area contributed by atoms with Crippen molar-refractivity contribution in [2.75, 3.05) is 13.1 Å². The molecule has 0 amide bonds. The molecule has 1 aromatic heterocycles. The van der Waals surface area contributed by atoms with Crippen LogP contribution in [0, 0.1) is 0 Å². The maximum Gasteiger partial charge on any atom is 0.335 e. The van der Waals surface area contributed by atoms with Crippen LogP contribution in [0.1, 0.15) is 28.4 Å². The average molecular weight is 284 g/mol. The van der Waals surface area contributed by atoms with Crippen LogP contribution in [-0.2, 0) is 13.0 Å². The van der Waals surface area contributed by atoms with E-state index in [9.17, 15) is 4.79 Å². The lowest BCUT2D eigenvalue weighted by Gasteiger charge is -2.20. The second kappa shape index (κ2) is 7.55. The van der Waals surface area contributed by atoms with Crippen LogP contribution in [0.2, 0.25) is 0 Å². The molecule has 0 spiro atoms. The number of nitrogens with zero attached hydrogens (tertiary/aromatic N) is 2. The highest BCUT2D eigenvalue weighted by atomic mass is 16.4. The molecule has 1 heterocycles. The fourth-order valence-electron chi connectivity index (χ4n) is 2.20. The van der Waals surface area contributed by atoms with Crippen molar-refractivity contribution in [1.29, 1.82) is 0 Å². The van der Waals surface area contributed by atoms with Gasteiger partial charge in [-0.1, -0.05) is 19.1 Å². The van der Waals surface area contributed by atoms with Crippen molar-refractivity contribution in [3.63, 3.8) is 0 Å². The van der Waals surface area contributed by atoms with Gasteiger partial charge in [0.15, 0.2) is 0 Å². The van der Waals surface area contributed by atoms with Gasteiger partial charge in [0.25, 0.3) is 0 Å². The number of likely N-dealkylation sites (N-methyl/N-ethyl adjacent to an activating group) is 1. The molecule has 0 radical (unpaired) electrons. The number of hydrogen-bond donors (Lipinski definition) is 1. The molecule has 2 rings (SSSR count). The van der Waals surface area contributed by atoms with Crippen LogP contribution in [-0.4, -0.2) is 34.0 Å². The summed E-state index contributed by atoms with van der Waals surface area (Å²) in [5.74, 6) is -0.883. The van der Waals surface area contributed by atoms with Crippen LogP contribution in [0.5, 0.6) is 0 Å². The first-order valence-electron chi connectivity index (χ1n) is 7.12. The Morgan fingerprint density at radius 1 is 1.10 bits per heavy atom. The van der Waals surface area contributed by atoms with Crippen LogP contribution in [0.3, 0.4) is 0 Å². The van der Waals surface area contributed by atoms with Gasteiger partial charge < -0.3 is 5.11 Å². The lowest BCUT2D eigenvalue weighted by atomic mass is 10.1. The Hall–Kier alpha value is -2.20. The van der Waals surface area contributed by atoms with Crippen molar-refractivity contribution in [1.82, 2.24) is 9.88 Å². The predicted molar refractivity (Wildman–Crippen MR) is 82.3 cm³/mol. The van der Waals surface area contributed by atoms with Gasteiger partial charge in [-0.15, -0.1) is 0 Å². The van der Waals surface area contributed by atoms with Gasteiger partial charge in [-0.3, -0.25) is 9.88 Å². The van der Waals surface area contributed by atoms with Crippen LogP contribution < -0.4 is 0 Å². The van der Waals surface area contributed by atoms with Gasteiger partial charge in [0.1, 0.15) is 0 Å². The fraction of sp³-hybridized carbons (Fsp3) is 0.294. The summed E-state index contributed by atoms with van der Waals surface area (Å²) >= 11 is 0. The van der Waals surface area contributed by atoms with Gasteiger partial charge in [0.05, 0.1) is 5.56 Å². The van der Waals surface area contributed by atoms with Crippen molar-refractivity contribution in [2.24, 2.45) is 0 Å². The highest BCUT2D eigenvalue weighted by Crippen LogP contribution is 2.09. The Morgan fingerprint density at radius 3 is 2.33 bits per heavy atom. The third-order valence-corrected chi connectivity index (χ3v) is 3.52. The van der Waals surface area contributed by atoms with E-state index in [4.69, 9.17) is 5.11 Å². The van der Waals surface area contributed by atoms with Crippen molar-refractivity contribution in [3.05, 3.63) is 65.5 Å². The molecule has 0 bridgehead atoms. The molecule has 0 unspecified atom stereocenters. The summed E-state index contributed by atoms with van der Waals surface area (Å²) in [5.41, 5.74) is 2.75. The third-order valence-electron chi connectivity index (χ3n) is 3.52. The van der Waals surface area contributed by atoms with Gasteiger partial charge in [-0.2, -0.15) is 0 Å². The standard InChI is InChI=1S/C17H20N2O2/c1-2-19(12-9-14-7-10-18-11-8-14)13-15-3-5-16(6-4-15)17(20)21/h3-8,10-11H,2,9,12-13H2,1H3,(H,20,21). The summed E-state index contributed by atoms with van der Waals surface area (Å²) in [6.45, 7) is 4.91. The second-order valence-electron chi connectivity index (χ2n) is 4.98. The number of rotatable bonds is 7. The monoisotopic (exact) mass is 284 g/mol. The van der Waals surface area contributed by atoms with E-state index in [1.807, 2.05) is 36.7 Å². The Bertz CT molecular complexity index is 567. The molecule has 21 heavy (non-hydrogen) atoms. The van der Waals surface area contributed by atoms with Crippen LogP contribution in [0.15, 0.2) is 48.8 Å². The van der Waals surface area contributed by atoms with Crippen molar-refractivity contribution < 1.29 is 9.90 Å². The molecule has 0 saturated heterocycles. The molecule has 1 aromatic carbocycles. The normalized spacial score (nSPS) is 10.8. The van der Waals surface area contributed by atoms with Crippen molar-refractivity contribution in [2.45, 2.75) is 19.9 Å². The molecule has 110 valence electrons. The van der Waals surface area contributed by atoms with Crippen LogP contribution in [0.25, 0.3) is 0 Å². The van der Waals surface area contributed by atoms with Crippen molar-refractivity contribution >= 4 is 5.97 Å². The number of aromatic carboxylic acids is 1. The molecule has 0 saturated carbocycles. The van der Waals surface area contributed by atoms with E-state index in [2.05, 4.69) is 16.8 Å². The number of pyridine rings is 1. The first-order chi connectivity index (χ1) is 10.2. The largest absolute Gasteiger partial charge is 0.478 e. The topological polar surface area (TPSA) is 53.4 Å². The van der Waals surface area contributed by atoms with E-state index in [1.165, 1.54) is 5.56 Å². The molecule has 2 aromatic rings. The van der Waals surface area contributed by atoms with Gasteiger partial charge in [-0.05, 0) is 48.4 Å². The molecule has 0 aliphatic rings. The van der Waals surface area contributed by atoms with Crippen molar-refractivity contribution in [3.8, 4) is 0 Å². The minimum atomic E-state index is -0.883. The summed E-state index contributed by atoms with van der Waals surface area (Å²) in [6, 6.07) is 11.2. The summed E-state index contributed by atoms with van der Waals surface area (Å²) < 4.78 is 0. The lowest BCUT2D eigenvalue weighted by molar-refractivity contribution is 0.0697. The first kappa shape index (κ1) is 15.2. The molecule has 4 heteroatoms. The number of carboxylic acids is 1. The molecular weight excluding hydrogens is 264 g/mol. The van der Waals surface area contributed by atoms with E-state index in [1.54, 1.807) is 12.1 Å². The zero-order valence-electron chi connectivity index (χ0n) is 12.2. The van der Waals surface area contributed by atoms with E-state index in [0.717, 1.165) is 31.6 Å². The van der Waals surface area contributed by atoms with Gasteiger partial charge >= 0.3 is 5.97 Å². The molecular formula is C17H20N2O2. The third kappa shape index (κ3) is 4.68. The molecule has 0 fully saturated rings. The summed E-state index contributed by atoms with van der Waals surface area (Å²) in [7, 11) is 0. The minimum absolute atomic E-state index is 0.332. The SMILES string of the molecule is CCN(CCc1ccncc1)Cc1ccc(C(=O)O)cc1. The van der Waals surface area contributed by atoms with E-state index in [-0.39, 0.29) is 0 Å². The fourth-order valence-corrected chi connectivity index (χ4v) is 2.20. The average Bonchev–Trinajstić information content (AvgIpc) is 2.53. The van der Waals surface area contributed by atoms with E-state index in [0.29, 0.717) is 5.56 Å². The summed E-state index contributed by atoms with van der Waals surface area (Å²) in [4.78, 5) is 17.2. The lowest BCUT2D eigenvalue weighted by Crippen LogP contribution is -2.25. The maximum atomic E-state index is 10.8. The minimum Gasteiger partial charge on any atom is -0.478 e. The Labute approximate surface area is 125 Å². The summed E-state index contributed by atoms with van der Waals surface area (Å²) in [5, 5.41) is 8.90. The van der Waals surface area contributed by atoms with E-state index >= 15 is 0 Å².